The van der Waals surface area contributed by atoms with Crippen molar-refractivity contribution in [3.05, 3.63) is 76.6 Å². The van der Waals surface area contributed by atoms with Crippen molar-refractivity contribution >= 4 is 28.7 Å². The molecule has 0 aliphatic rings. The number of anilines is 4. The van der Waals surface area contributed by atoms with E-state index in [1.54, 1.807) is 24.3 Å². The van der Waals surface area contributed by atoms with Gasteiger partial charge in [-0.05, 0) is 24.3 Å². The Morgan fingerprint density at radius 3 is 2.42 bits per heavy atom. The van der Waals surface area contributed by atoms with E-state index in [9.17, 15) is 18.9 Å². The van der Waals surface area contributed by atoms with Gasteiger partial charge in [-0.15, -0.1) is 0 Å². The normalized spacial score (nSPS) is 10.2. The molecule has 0 unspecified atom stereocenters. The van der Waals surface area contributed by atoms with Crippen LogP contribution in [-0.4, -0.2) is 14.9 Å². The van der Waals surface area contributed by atoms with E-state index in [1.165, 1.54) is 0 Å². The Labute approximate surface area is 146 Å². The third-order valence-corrected chi connectivity index (χ3v) is 3.29. The number of para-hydroxylation sites is 1. The molecule has 0 bridgehead atoms. The van der Waals surface area contributed by atoms with Crippen LogP contribution in [0.1, 0.15) is 0 Å². The molecule has 0 saturated carbocycles. The largest absolute Gasteiger partial charge is 0.355 e. The number of benzene rings is 2. The molecule has 3 rings (SSSR count). The predicted molar refractivity (Wildman–Crippen MR) is 92.0 cm³/mol. The van der Waals surface area contributed by atoms with Crippen molar-refractivity contribution in [2.24, 2.45) is 0 Å². The average Bonchev–Trinajstić information content (AvgIpc) is 2.63. The molecule has 3 aromatic rings. The second kappa shape index (κ2) is 7.38. The zero-order chi connectivity index (χ0) is 18.5. The highest BCUT2D eigenvalue weighted by Gasteiger charge is 2.24. The van der Waals surface area contributed by atoms with E-state index in [4.69, 9.17) is 0 Å². The summed E-state index contributed by atoms with van der Waals surface area (Å²) in [4.78, 5) is 18.3. The van der Waals surface area contributed by atoms with Gasteiger partial charge in [0, 0.05) is 6.07 Å². The number of nitrogens with one attached hydrogen (secondary N) is 3. The quantitative estimate of drug-likeness (QED) is 0.454. The fourth-order valence-electron chi connectivity index (χ4n) is 2.11. The van der Waals surface area contributed by atoms with Gasteiger partial charge in [0.1, 0.15) is 18.0 Å². The number of halogens is 2. The molecular formula is C16H12F2N6O2. The van der Waals surface area contributed by atoms with Gasteiger partial charge in [-0.2, -0.15) is 0 Å². The molecule has 1 heterocycles. The van der Waals surface area contributed by atoms with E-state index in [0.717, 1.165) is 24.5 Å². The van der Waals surface area contributed by atoms with Gasteiger partial charge in [-0.25, -0.2) is 18.7 Å². The summed E-state index contributed by atoms with van der Waals surface area (Å²) in [7, 11) is 0. The zero-order valence-electron chi connectivity index (χ0n) is 13.1. The van der Waals surface area contributed by atoms with Crippen LogP contribution >= 0.6 is 0 Å². The average molecular weight is 358 g/mol. The minimum atomic E-state index is -0.781. The number of hydrogen-bond acceptors (Lipinski definition) is 7. The van der Waals surface area contributed by atoms with Gasteiger partial charge >= 0.3 is 5.69 Å². The molecule has 0 aliphatic carbocycles. The van der Waals surface area contributed by atoms with Gasteiger partial charge in [0.05, 0.1) is 16.3 Å². The van der Waals surface area contributed by atoms with E-state index in [-0.39, 0.29) is 17.3 Å². The van der Waals surface area contributed by atoms with Crippen molar-refractivity contribution in [3.63, 3.8) is 0 Å². The Morgan fingerprint density at radius 1 is 0.962 bits per heavy atom. The molecule has 8 nitrogen and oxygen atoms in total. The van der Waals surface area contributed by atoms with Crippen LogP contribution in [0.3, 0.4) is 0 Å². The lowest BCUT2D eigenvalue weighted by molar-refractivity contribution is -0.383. The summed E-state index contributed by atoms with van der Waals surface area (Å²) in [6, 6.07) is 11.6. The SMILES string of the molecule is O=[N+]([O-])c1c(NNc2ccccc2)ncnc1Nc1cc(F)ccc1F. The first-order valence-corrected chi connectivity index (χ1v) is 7.33. The van der Waals surface area contributed by atoms with Crippen molar-refractivity contribution in [2.45, 2.75) is 0 Å². The zero-order valence-corrected chi connectivity index (χ0v) is 13.1. The molecule has 0 atom stereocenters. The summed E-state index contributed by atoms with van der Waals surface area (Å²) in [6.07, 6.45) is 1.06. The first kappa shape index (κ1) is 17.0. The highest BCUT2D eigenvalue weighted by Crippen LogP contribution is 2.32. The minimum Gasteiger partial charge on any atom is -0.332 e. The first-order chi connectivity index (χ1) is 12.5. The van der Waals surface area contributed by atoms with E-state index < -0.39 is 22.2 Å². The van der Waals surface area contributed by atoms with E-state index >= 15 is 0 Å². The van der Waals surface area contributed by atoms with Gasteiger partial charge in [-0.1, -0.05) is 18.2 Å². The van der Waals surface area contributed by atoms with E-state index in [2.05, 4.69) is 26.1 Å². The van der Waals surface area contributed by atoms with Gasteiger partial charge in [0.25, 0.3) is 0 Å². The topological polar surface area (TPSA) is 105 Å². The predicted octanol–water partition coefficient (Wildman–Crippen LogP) is 3.85. The van der Waals surface area contributed by atoms with Crippen LogP contribution in [0.15, 0.2) is 54.9 Å². The molecule has 2 aromatic carbocycles. The lowest BCUT2D eigenvalue weighted by Crippen LogP contribution is -2.13. The number of rotatable bonds is 6. The van der Waals surface area contributed by atoms with Gasteiger partial charge in [0.15, 0.2) is 0 Å². The van der Waals surface area contributed by atoms with Crippen molar-refractivity contribution in [1.82, 2.24) is 9.97 Å². The molecule has 0 amide bonds. The smallest absolute Gasteiger partial charge is 0.332 e. The van der Waals surface area contributed by atoms with Crippen LogP contribution in [0.4, 0.5) is 37.5 Å². The fourth-order valence-corrected chi connectivity index (χ4v) is 2.11. The Hall–Kier alpha value is -3.82. The van der Waals surface area contributed by atoms with Gasteiger partial charge in [-0.3, -0.25) is 21.0 Å². The summed E-state index contributed by atoms with van der Waals surface area (Å²) >= 11 is 0. The monoisotopic (exact) mass is 358 g/mol. The Morgan fingerprint density at radius 2 is 1.69 bits per heavy atom. The molecule has 0 saturated heterocycles. The maximum Gasteiger partial charge on any atom is 0.355 e. The molecular weight excluding hydrogens is 346 g/mol. The summed E-state index contributed by atoms with van der Waals surface area (Å²) < 4.78 is 27.1. The Balaban J connectivity index is 1.91. The molecule has 1 aromatic heterocycles. The second-order valence-corrected chi connectivity index (χ2v) is 5.04. The molecule has 0 fully saturated rings. The Bertz CT molecular complexity index is 939. The highest BCUT2D eigenvalue weighted by molar-refractivity contribution is 5.74. The standard InChI is InChI=1S/C16H12F2N6O2/c17-10-6-7-12(18)13(8-10)21-15-14(24(25)26)16(20-9-19-15)23-22-11-4-2-1-3-5-11/h1-9,22H,(H2,19,20,21,23). The third-order valence-electron chi connectivity index (χ3n) is 3.29. The molecule has 3 N–H and O–H groups in total. The van der Waals surface area contributed by atoms with Crippen LogP contribution < -0.4 is 16.2 Å². The maximum absolute atomic E-state index is 13.8. The maximum atomic E-state index is 13.8. The van der Waals surface area contributed by atoms with Gasteiger partial charge < -0.3 is 5.32 Å². The van der Waals surface area contributed by atoms with Crippen LogP contribution in [0.25, 0.3) is 0 Å². The van der Waals surface area contributed by atoms with Crippen LogP contribution in [-0.2, 0) is 0 Å². The molecule has 132 valence electrons. The molecule has 0 radical (unpaired) electrons. The van der Waals surface area contributed by atoms with Crippen LogP contribution in [0.2, 0.25) is 0 Å². The first-order valence-electron chi connectivity index (χ1n) is 7.33. The molecule has 10 heteroatoms. The number of aromatic nitrogens is 2. The Kier molecular flexibility index (Phi) is 4.83. The van der Waals surface area contributed by atoms with Crippen LogP contribution in [0.5, 0.6) is 0 Å². The number of hydrazine groups is 1. The van der Waals surface area contributed by atoms with E-state index in [0.29, 0.717) is 5.69 Å². The van der Waals surface area contributed by atoms with Crippen molar-refractivity contribution < 1.29 is 13.7 Å². The van der Waals surface area contributed by atoms with Crippen molar-refractivity contribution in [3.8, 4) is 0 Å². The van der Waals surface area contributed by atoms with Gasteiger partial charge in [0.2, 0.25) is 11.6 Å². The van der Waals surface area contributed by atoms with Crippen molar-refractivity contribution in [2.75, 3.05) is 16.2 Å². The lowest BCUT2D eigenvalue weighted by Gasteiger charge is -2.12. The number of hydrogen-bond donors (Lipinski definition) is 3. The summed E-state index contributed by atoms with van der Waals surface area (Å²) in [5, 5.41) is 13.9. The van der Waals surface area contributed by atoms with Crippen molar-refractivity contribution in [1.29, 1.82) is 0 Å². The summed E-state index contributed by atoms with van der Waals surface area (Å²) in [5.74, 6) is -1.91. The summed E-state index contributed by atoms with van der Waals surface area (Å²) in [6.45, 7) is 0. The molecule has 0 aliphatic heterocycles. The number of nitrogens with zero attached hydrogens (tertiary/aromatic N) is 3. The van der Waals surface area contributed by atoms with E-state index in [1.807, 2.05) is 6.07 Å². The fraction of sp³-hybridized carbons (Fsp3) is 0. The lowest BCUT2D eigenvalue weighted by atomic mass is 10.3. The second-order valence-electron chi connectivity index (χ2n) is 5.04. The minimum absolute atomic E-state index is 0.145. The molecule has 0 spiro atoms. The number of nitro groups is 1. The third kappa shape index (κ3) is 3.80. The molecule has 26 heavy (non-hydrogen) atoms. The van der Waals surface area contributed by atoms with Crippen LogP contribution in [0, 0.1) is 21.7 Å². The summed E-state index contributed by atoms with van der Waals surface area (Å²) in [5.41, 5.74) is 5.21. The highest BCUT2D eigenvalue weighted by atomic mass is 19.1.